The van der Waals surface area contributed by atoms with E-state index in [-0.39, 0.29) is 11.7 Å². The van der Waals surface area contributed by atoms with Crippen LogP contribution in [0.4, 0.5) is 17.6 Å². The number of carbonyl (C=O) groups is 1. The van der Waals surface area contributed by atoms with E-state index in [9.17, 15) is 22.4 Å². The van der Waals surface area contributed by atoms with Gasteiger partial charge in [0.25, 0.3) is 5.91 Å². The number of halogens is 4. The van der Waals surface area contributed by atoms with E-state index in [4.69, 9.17) is 0 Å². The highest BCUT2D eigenvalue weighted by Crippen LogP contribution is 2.34. The fraction of sp³-hybridized carbons (Fsp3) is 0.286. The van der Waals surface area contributed by atoms with Crippen LogP contribution < -0.4 is 5.32 Å². The zero-order valence-electron chi connectivity index (χ0n) is 11.2. The maximum Gasteiger partial charge on any atom is 0.434 e. The van der Waals surface area contributed by atoms with Crippen LogP contribution in [0, 0.1) is 5.82 Å². The van der Waals surface area contributed by atoms with Crippen molar-refractivity contribution in [3.63, 3.8) is 0 Å². The highest BCUT2D eigenvalue weighted by molar-refractivity contribution is 5.95. The molecule has 0 radical (unpaired) electrons. The molecule has 116 valence electrons. The minimum atomic E-state index is -4.79. The van der Waals surface area contributed by atoms with Crippen molar-refractivity contribution >= 4 is 5.91 Å². The Morgan fingerprint density at radius 2 is 2.05 bits per heavy atom. The number of nitrogens with zero attached hydrogens (tertiary/aromatic N) is 2. The van der Waals surface area contributed by atoms with Gasteiger partial charge in [0.15, 0.2) is 5.69 Å². The summed E-state index contributed by atoms with van der Waals surface area (Å²) in [5.74, 6) is -1.51. The second-order valence-corrected chi connectivity index (χ2v) is 5.04. The molecule has 1 aromatic heterocycles. The molecule has 4 nitrogen and oxygen atoms in total. The van der Waals surface area contributed by atoms with Gasteiger partial charge >= 0.3 is 6.18 Å². The molecule has 1 heterocycles. The summed E-state index contributed by atoms with van der Waals surface area (Å²) >= 11 is 0. The normalized spacial score (nSPS) is 14.9. The quantitative estimate of drug-likeness (QED) is 0.886. The smallest absolute Gasteiger partial charge is 0.349 e. The molecule has 1 saturated carbocycles. The van der Waals surface area contributed by atoms with Gasteiger partial charge in [0.05, 0.1) is 17.4 Å². The topological polar surface area (TPSA) is 46.9 Å². The number of hydrogen-bond donors (Lipinski definition) is 1. The van der Waals surface area contributed by atoms with Crippen molar-refractivity contribution in [2.45, 2.75) is 25.1 Å². The second kappa shape index (κ2) is 5.11. The molecule has 0 atom stereocenters. The van der Waals surface area contributed by atoms with Gasteiger partial charge in [0, 0.05) is 6.04 Å². The molecule has 1 amide bonds. The van der Waals surface area contributed by atoms with Crippen molar-refractivity contribution < 1.29 is 22.4 Å². The van der Waals surface area contributed by atoms with Crippen molar-refractivity contribution in [1.29, 1.82) is 0 Å². The number of nitrogens with one attached hydrogen (secondary N) is 1. The lowest BCUT2D eigenvalue weighted by Gasteiger charge is -2.12. The molecule has 0 bridgehead atoms. The first kappa shape index (κ1) is 14.6. The van der Waals surface area contributed by atoms with Crippen LogP contribution in [0.25, 0.3) is 5.69 Å². The Morgan fingerprint density at radius 3 is 2.64 bits per heavy atom. The van der Waals surface area contributed by atoms with Gasteiger partial charge in [-0.3, -0.25) is 4.79 Å². The predicted molar refractivity (Wildman–Crippen MR) is 69.0 cm³/mol. The lowest BCUT2D eigenvalue weighted by Crippen LogP contribution is -2.28. The van der Waals surface area contributed by atoms with Gasteiger partial charge in [-0.05, 0) is 31.0 Å². The number of hydrogen-bond acceptors (Lipinski definition) is 2. The highest BCUT2D eigenvalue weighted by Gasteiger charge is 2.41. The summed E-state index contributed by atoms with van der Waals surface area (Å²) in [7, 11) is 0. The van der Waals surface area contributed by atoms with Crippen LogP contribution in [0.1, 0.15) is 28.9 Å². The predicted octanol–water partition coefficient (Wildman–Crippen LogP) is 2.92. The molecule has 8 heteroatoms. The fourth-order valence-corrected chi connectivity index (χ4v) is 2.08. The zero-order valence-corrected chi connectivity index (χ0v) is 11.2. The Kier molecular flexibility index (Phi) is 3.38. The van der Waals surface area contributed by atoms with E-state index >= 15 is 0 Å². The first-order valence-corrected chi connectivity index (χ1v) is 6.58. The summed E-state index contributed by atoms with van der Waals surface area (Å²) in [6, 6.07) is 4.52. The minimum absolute atomic E-state index is 0.0777. The summed E-state index contributed by atoms with van der Waals surface area (Å²) in [5.41, 5.74) is -1.88. The molecular formula is C14H11F4N3O. The van der Waals surface area contributed by atoms with E-state index in [1.54, 1.807) is 0 Å². The molecule has 1 fully saturated rings. The number of aromatic nitrogens is 2. The van der Waals surface area contributed by atoms with E-state index in [1.165, 1.54) is 12.1 Å². The zero-order chi connectivity index (χ0) is 15.9. The van der Waals surface area contributed by atoms with Gasteiger partial charge in [-0.25, -0.2) is 9.07 Å². The minimum Gasteiger partial charge on any atom is -0.349 e. The van der Waals surface area contributed by atoms with Crippen molar-refractivity contribution in [2.75, 3.05) is 0 Å². The maximum absolute atomic E-state index is 13.3. The van der Waals surface area contributed by atoms with Gasteiger partial charge in [0.2, 0.25) is 0 Å². The third-order valence-corrected chi connectivity index (χ3v) is 3.25. The second-order valence-electron chi connectivity index (χ2n) is 5.04. The van der Waals surface area contributed by atoms with Gasteiger partial charge in [0.1, 0.15) is 5.82 Å². The van der Waals surface area contributed by atoms with Crippen molar-refractivity contribution in [2.24, 2.45) is 0 Å². The van der Waals surface area contributed by atoms with Crippen LogP contribution in [0.3, 0.4) is 0 Å². The van der Waals surface area contributed by atoms with Gasteiger partial charge in [-0.2, -0.15) is 18.3 Å². The summed E-state index contributed by atoms with van der Waals surface area (Å²) in [5, 5.41) is 6.10. The Bertz CT molecular complexity index is 719. The molecule has 0 unspecified atom stereocenters. The Labute approximate surface area is 122 Å². The molecule has 1 N–H and O–H groups in total. The summed E-state index contributed by atoms with van der Waals surface area (Å²) in [6.45, 7) is 0. The first-order valence-electron chi connectivity index (χ1n) is 6.58. The van der Waals surface area contributed by atoms with E-state index in [2.05, 4.69) is 10.4 Å². The molecule has 0 saturated heterocycles. The third-order valence-electron chi connectivity index (χ3n) is 3.25. The third kappa shape index (κ3) is 2.81. The molecule has 1 aliphatic rings. The van der Waals surface area contributed by atoms with Gasteiger partial charge in [-0.15, -0.1) is 0 Å². The Balaban J connectivity index is 2.07. The Morgan fingerprint density at radius 1 is 1.32 bits per heavy atom. The maximum atomic E-state index is 13.3. The first-order chi connectivity index (χ1) is 10.4. The fourth-order valence-electron chi connectivity index (χ4n) is 2.08. The lowest BCUT2D eigenvalue weighted by atomic mass is 10.2. The molecule has 1 aliphatic carbocycles. The summed E-state index contributed by atoms with van der Waals surface area (Å²) in [6.07, 6.45) is -2.43. The van der Waals surface area contributed by atoms with Crippen LogP contribution in [-0.4, -0.2) is 21.7 Å². The number of carbonyl (C=O) groups excluding carboxylic acids is 1. The van der Waals surface area contributed by atoms with E-state index in [0.717, 1.165) is 31.2 Å². The summed E-state index contributed by atoms with van der Waals surface area (Å²) in [4.78, 5) is 11.9. The average Bonchev–Trinajstić information content (AvgIpc) is 3.11. The van der Waals surface area contributed by atoms with E-state index in [0.29, 0.717) is 4.68 Å². The van der Waals surface area contributed by atoms with Crippen LogP contribution >= 0.6 is 0 Å². The van der Waals surface area contributed by atoms with Gasteiger partial charge in [-0.1, -0.05) is 6.07 Å². The standard InChI is InChI=1S/C14H11F4N3O/c15-8-2-1-3-10(6-8)21-12(14(16,17)18)11(7-19-21)13(22)20-9-4-5-9/h1-3,6-7,9H,4-5H2,(H,20,22). The van der Waals surface area contributed by atoms with Crippen LogP contribution in [-0.2, 0) is 6.18 Å². The van der Waals surface area contributed by atoms with Crippen LogP contribution in [0.2, 0.25) is 0 Å². The number of amides is 1. The monoisotopic (exact) mass is 313 g/mol. The highest BCUT2D eigenvalue weighted by atomic mass is 19.4. The number of alkyl halides is 3. The van der Waals surface area contributed by atoms with Gasteiger partial charge < -0.3 is 5.32 Å². The molecule has 3 rings (SSSR count). The van der Waals surface area contributed by atoms with Crippen molar-refractivity contribution in [1.82, 2.24) is 15.1 Å². The molecular weight excluding hydrogens is 302 g/mol. The van der Waals surface area contributed by atoms with E-state index in [1.807, 2.05) is 0 Å². The molecule has 0 aliphatic heterocycles. The summed E-state index contributed by atoms with van der Waals surface area (Å²) < 4.78 is 53.7. The number of rotatable bonds is 3. The molecule has 0 spiro atoms. The molecule has 2 aromatic rings. The Hall–Kier alpha value is -2.38. The average molecular weight is 313 g/mol. The largest absolute Gasteiger partial charge is 0.434 e. The van der Waals surface area contributed by atoms with Crippen molar-refractivity contribution in [3.05, 3.63) is 47.5 Å². The number of benzene rings is 1. The van der Waals surface area contributed by atoms with Crippen molar-refractivity contribution in [3.8, 4) is 5.69 Å². The van der Waals surface area contributed by atoms with Crippen LogP contribution in [0.5, 0.6) is 0 Å². The van der Waals surface area contributed by atoms with E-state index < -0.39 is 29.2 Å². The van der Waals surface area contributed by atoms with Crippen LogP contribution in [0.15, 0.2) is 30.5 Å². The molecule has 1 aromatic carbocycles. The molecule has 22 heavy (non-hydrogen) atoms. The SMILES string of the molecule is O=C(NC1CC1)c1cnn(-c2cccc(F)c2)c1C(F)(F)F. The lowest BCUT2D eigenvalue weighted by molar-refractivity contribution is -0.143.